The van der Waals surface area contributed by atoms with E-state index in [-0.39, 0.29) is 29.3 Å². The maximum Gasteiger partial charge on any atom is 0.338 e. The second-order valence-corrected chi connectivity index (χ2v) is 15.1. The summed E-state index contributed by atoms with van der Waals surface area (Å²) in [4.78, 5) is 12.2. The monoisotopic (exact) mass is 446 g/mol. The van der Waals surface area contributed by atoms with Crippen LogP contribution in [0.2, 0.25) is 18.1 Å². The van der Waals surface area contributed by atoms with Crippen molar-refractivity contribution in [2.45, 2.75) is 96.7 Å². The molecule has 2 rings (SSSR count). The van der Waals surface area contributed by atoms with E-state index in [0.717, 1.165) is 25.7 Å². The molecular formula is C26H42O4Si. The summed E-state index contributed by atoms with van der Waals surface area (Å²) < 4.78 is 18.6. The largest absolute Gasteiger partial charge is 0.462 e. The van der Waals surface area contributed by atoms with E-state index in [1.807, 2.05) is 18.2 Å². The number of hydrogen-bond acceptors (Lipinski definition) is 4. The number of carbonyl (C=O) groups excluding carboxylic acids is 1. The van der Waals surface area contributed by atoms with Gasteiger partial charge in [-0.15, -0.1) is 0 Å². The second kappa shape index (κ2) is 11.4. The van der Waals surface area contributed by atoms with Crippen LogP contribution in [-0.2, 0) is 13.9 Å². The van der Waals surface area contributed by atoms with Crippen molar-refractivity contribution in [3.8, 4) is 0 Å². The molecule has 1 fully saturated rings. The Balaban J connectivity index is 1.89. The summed E-state index contributed by atoms with van der Waals surface area (Å²) in [5, 5.41) is 0.180. The third kappa shape index (κ3) is 7.89. The quantitative estimate of drug-likeness (QED) is 0.238. The Labute approximate surface area is 190 Å². The van der Waals surface area contributed by atoms with Crippen LogP contribution in [0.4, 0.5) is 0 Å². The zero-order chi connectivity index (χ0) is 23.1. The third-order valence-corrected chi connectivity index (χ3v) is 11.2. The lowest BCUT2D eigenvalue weighted by Crippen LogP contribution is -2.45. The van der Waals surface area contributed by atoms with Crippen LogP contribution in [0.1, 0.15) is 70.7 Å². The highest BCUT2D eigenvalue weighted by Gasteiger charge is 2.39. The average molecular weight is 447 g/mol. The second-order valence-electron chi connectivity index (χ2n) is 10.3. The van der Waals surface area contributed by atoms with E-state index in [1.165, 1.54) is 0 Å². The van der Waals surface area contributed by atoms with E-state index in [1.54, 1.807) is 12.1 Å². The van der Waals surface area contributed by atoms with Gasteiger partial charge in [0.1, 0.15) is 0 Å². The molecule has 0 bridgehead atoms. The highest BCUT2D eigenvalue weighted by Crippen LogP contribution is 2.38. The number of ether oxygens (including phenoxy) is 2. The van der Waals surface area contributed by atoms with Gasteiger partial charge in [0.2, 0.25) is 0 Å². The lowest BCUT2D eigenvalue weighted by Gasteiger charge is -2.41. The first-order valence-electron chi connectivity index (χ1n) is 11.7. The van der Waals surface area contributed by atoms with E-state index in [0.29, 0.717) is 18.1 Å². The molecule has 31 heavy (non-hydrogen) atoms. The molecule has 1 unspecified atom stereocenters. The Bertz CT molecular complexity index is 708. The first kappa shape index (κ1) is 25.8. The third-order valence-electron chi connectivity index (χ3n) is 6.75. The summed E-state index contributed by atoms with van der Waals surface area (Å²) in [6.45, 7) is 16.1. The lowest BCUT2D eigenvalue weighted by atomic mass is 9.90. The van der Waals surface area contributed by atoms with Crippen LogP contribution in [0, 0.1) is 5.92 Å². The summed E-state index contributed by atoms with van der Waals surface area (Å²) in [7, 11) is -1.85. The molecule has 0 N–H and O–H groups in total. The Morgan fingerprint density at radius 1 is 1.23 bits per heavy atom. The van der Waals surface area contributed by atoms with Gasteiger partial charge in [0.25, 0.3) is 0 Å². The summed E-state index contributed by atoms with van der Waals surface area (Å²) in [6.07, 6.45) is 8.43. The molecule has 0 aromatic heterocycles. The molecule has 5 heteroatoms. The summed E-state index contributed by atoms with van der Waals surface area (Å²) in [6, 6.07) is 9.15. The minimum Gasteiger partial charge on any atom is -0.462 e. The molecule has 0 spiro atoms. The van der Waals surface area contributed by atoms with Crippen LogP contribution < -0.4 is 0 Å². The van der Waals surface area contributed by atoms with E-state index >= 15 is 0 Å². The van der Waals surface area contributed by atoms with E-state index in [4.69, 9.17) is 13.9 Å². The van der Waals surface area contributed by atoms with Crippen LogP contribution in [0.3, 0.4) is 0 Å². The van der Waals surface area contributed by atoms with Crippen molar-refractivity contribution in [3.63, 3.8) is 0 Å². The normalized spacial score (nSPS) is 23.6. The Morgan fingerprint density at radius 3 is 2.52 bits per heavy atom. The molecule has 1 aliphatic rings. The molecule has 1 saturated heterocycles. The van der Waals surface area contributed by atoms with Crippen molar-refractivity contribution in [1.82, 2.24) is 0 Å². The Morgan fingerprint density at radius 2 is 1.90 bits per heavy atom. The van der Waals surface area contributed by atoms with E-state index in [9.17, 15) is 4.79 Å². The molecule has 1 aromatic rings. The highest BCUT2D eigenvalue weighted by molar-refractivity contribution is 6.74. The van der Waals surface area contributed by atoms with Gasteiger partial charge in [0.15, 0.2) is 8.32 Å². The number of rotatable bonds is 9. The van der Waals surface area contributed by atoms with Gasteiger partial charge in [-0.2, -0.15) is 0 Å². The molecule has 0 aliphatic carbocycles. The zero-order valence-corrected chi connectivity index (χ0v) is 21.5. The summed E-state index contributed by atoms with van der Waals surface area (Å²) in [5.74, 6) is 0.199. The van der Waals surface area contributed by atoms with Crippen molar-refractivity contribution < 1.29 is 18.7 Å². The Hall–Kier alpha value is -1.43. The zero-order valence-electron chi connectivity index (χ0n) is 20.5. The van der Waals surface area contributed by atoms with Gasteiger partial charge in [-0.25, -0.2) is 4.79 Å². The smallest absolute Gasteiger partial charge is 0.338 e. The van der Waals surface area contributed by atoms with Gasteiger partial charge in [-0.1, -0.05) is 58.0 Å². The van der Waals surface area contributed by atoms with Gasteiger partial charge in [0, 0.05) is 12.8 Å². The first-order valence-corrected chi connectivity index (χ1v) is 14.6. The summed E-state index contributed by atoms with van der Waals surface area (Å²) >= 11 is 0. The SMILES string of the molecule is C/C=C/C(C[C@H]1CC[C@H](C)[C@H](CCOC(=O)c2ccccc2)O1)O[Si](C)(C)C(C)(C)C. The number of hydrogen-bond donors (Lipinski definition) is 0. The molecule has 0 saturated carbocycles. The van der Waals surface area contributed by atoms with Gasteiger partial charge >= 0.3 is 5.97 Å². The van der Waals surface area contributed by atoms with Gasteiger partial charge in [0.05, 0.1) is 30.5 Å². The van der Waals surface area contributed by atoms with Crippen LogP contribution in [-0.4, -0.2) is 39.2 Å². The minimum absolute atomic E-state index is 0.0841. The molecule has 174 valence electrons. The molecular weight excluding hydrogens is 404 g/mol. The summed E-state index contributed by atoms with van der Waals surface area (Å²) in [5.41, 5.74) is 0.593. The predicted molar refractivity (Wildman–Crippen MR) is 130 cm³/mol. The number of esters is 1. The van der Waals surface area contributed by atoms with Crippen LogP contribution in [0.5, 0.6) is 0 Å². The molecule has 1 aromatic carbocycles. The molecule has 1 aliphatic heterocycles. The minimum atomic E-state index is -1.85. The van der Waals surface area contributed by atoms with Crippen molar-refractivity contribution in [3.05, 3.63) is 48.0 Å². The highest BCUT2D eigenvalue weighted by atomic mass is 28.4. The number of benzene rings is 1. The van der Waals surface area contributed by atoms with E-state index in [2.05, 4.69) is 59.9 Å². The van der Waals surface area contributed by atoms with Crippen LogP contribution >= 0.6 is 0 Å². The van der Waals surface area contributed by atoms with E-state index < -0.39 is 8.32 Å². The van der Waals surface area contributed by atoms with Gasteiger partial charge < -0.3 is 13.9 Å². The maximum atomic E-state index is 12.2. The molecule has 4 nitrogen and oxygen atoms in total. The van der Waals surface area contributed by atoms with Crippen molar-refractivity contribution in [2.75, 3.05) is 6.61 Å². The van der Waals surface area contributed by atoms with Crippen molar-refractivity contribution in [2.24, 2.45) is 5.92 Å². The fraction of sp³-hybridized carbons (Fsp3) is 0.654. The predicted octanol–water partition coefficient (Wildman–Crippen LogP) is 6.77. The van der Waals surface area contributed by atoms with Crippen LogP contribution in [0.15, 0.2) is 42.5 Å². The van der Waals surface area contributed by atoms with Gasteiger partial charge in [-0.05, 0) is 55.9 Å². The standard InChI is InChI=1S/C26H42O4Si/c1-8-12-23(30-31(6,7)26(3,4)5)19-22-16-15-20(2)24(29-22)17-18-28-25(27)21-13-10-9-11-14-21/h8-14,20,22-24H,15-19H2,1-7H3/b12-8+/t20-,22+,23?,24-/m0/s1. The number of carbonyl (C=O) groups is 1. The van der Waals surface area contributed by atoms with Crippen molar-refractivity contribution >= 4 is 14.3 Å². The molecule has 4 atom stereocenters. The van der Waals surface area contributed by atoms with Crippen LogP contribution in [0.25, 0.3) is 0 Å². The van der Waals surface area contributed by atoms with Crippen molar-refractivity contribution in [1.29, 1.82) is 0 Å². The first-order chi connectivity index (χ1) is 14.5. The maximum absolute atomic E-state index is 12.2. The topological polar surface area (TPSA) is 44.8 Å². The molecule has 1 heterocycles. The fourth-order valence-electron chi connectivity index (χ4n) is 3.73. The lowest BCUT2D eigenvalue weighted by molar-refractivity contribution is -0.0970. The average Bonchev–Trinajstić information content (AvgIpc) is 2.70. The molecule has 0 radical (unpaired) electrons. The number of allylic oxidation sites excluding steroid dienone is 1. The Kier molecular flexibility index (Phi) is 9.53. The molecule has 0 amide bonds. The fourth-order valence-corrected chi connectivity index (χ4v) is 5.02. The van der Waals surface area contributed by atoms with Gasteiger partial charge in [-0.3, -0.25) is 0 Å².